The molecule has 0 radical (unpaired) electrons. The minimum Gasteiger partial charge on any atom is -0.311 e. The van der Waals surface area contributed by atoms with E-state index >= 15 is 0 Å². The molecule has 1 atom stereocenters. The fourth-order valence-corrected chi connectivity index (χ4v) is 1.47. The second kappa shape index (κ2) is 5.54. The SMILES string of the molecule is C=CCC(NC)c1cnnn1CCC. The molecule has 78 valence electrons. The number of aromatic nitrogens is 3. The van der Waals surface area contributed by atoms with E-state index in [0.29, 0.717) is 0 Å². The summed E-state index contributed by atoms with van der Waals surface area (Å²) in [5, 5.41) is 11.2. The third-order valence-electron chi connectivity index (χ3n) is 2.19. The quantitative estimate of drug-likeness (QED) is 0.698. The van der Waals surface area contributed by atoms with E-state index < -0.39 is 0 Å². The molecule has 0 amide bonds. The molecule has 1 aromatic rings. The van der Waals surface area contributed by atoms with Gasteiger partial charge in [-0.25, -0.2) is 4.68 Å². The molecule has 0 aliphatic carbocycles. The molecule has 1 heterocycles. The van der Waals surface area contributed by atoms with Crippen LogP contribution in [0.15, 0.2) is 18.9 Å². The summed E-state index contributed by atoms with van der Waals surface area (Å²) in [6, 6.07) is 0.272. The highest BCUT2D eigenvalue weighted by Crippen LogP contribution is 2.15. The van der Waals surface area contributed by atoms with Gasteiger partial charge in [0.05, 0.1) is 17.9 Å². The normalized spacial score (nSPS) is 12.7. The first-order chi connectivity index (χ1) is 6.83. The maximum Gasteiger partial charge on any atom is 0.0759 e. The molecule has 0 spiro atoms. The van der Waals surface area contributed by atoms with Gasteiger partial charge in [0, 0.05) is 6.54 Å². The van der Waals surface area contributed by atoms with Crippen molar-refractivity contribution in [3.8, 4) is 0 Å². The summed E-state index contributed by atoms with van der Waals surface area (Å²) in [6.45, 7) is 6.80. The summed E-state index contributed by atoms with van der Waals surface area (Å²) in [7, 11) is 1.94. The Bertz CT molecular complexity index is 279. The summed E-state index contributed by atoms with van der Waals surface area (Å²) < 4.78 is 1.95. The molecule has 0 bridgehead atoms. The molecular formula is C10H18N4. The summed E-state index contributed by atoms with van der Waals surface area (Å²) in [5.41, 5.74) is 1.13. The summed E-state index contributed by atoms with van der Waals surface area (Å²) in [6.07, 6.45) is 5.69. The smallest absolute Gasteiger partial charge is 0.0759 e. The largest absolute Gasteiger partial charge is 0.311 e. The van der Waals surface area contributed by atoms with Crippen molar-refractivity contribution in [1.29, 1.82) is 0 Å². The van der Waals surface area contributed by atoms with Gasteiger partial charge in [-0.3, -0.25) is 0 Å². The standard InChI is InChI=1S/C10H18N4/c1-4-6-9(11-3)10-8-12-13-14(10)7-5-2/h4,8-9,11H,1,5-7H2,2-3H3. The lowest BCUT2D eigenvalue weighted by Crippen LogP contribution is -2.19. The average molecular weight is 194 g/mol. The van der Waals surface area contributed by atoms with Gasteiger partial charge in [0.15, 0.2) is 0 Å². The van der Waals surface area contributed by atoms with E-state index in [1.54, 1.807) is 0 Å². The van der Waals surface area contributed by atoms with Gasteiger partial charge in [-0.15, -0.1) is 11.7 Å². The van der Waals surface area contributed by atoms with Gasteiger partial charge in [0.2, 0.25) is 0 Å². The van der Waals surface area contributed by atoms with Crippen molar-refractivity contribution in [1.82, 2.24) is 20.3 Å². The van der Waals surface area contributed by atoms with Crippen LogP contribution in [0, 0.1) is 0 Å². The Hall–Kier alpha value is -1.16. The van der Waals surface area contributed by atoms with Crippen LogP contribution in [0.5, 0.6) is 0 Å². The lowest BCUT2D eigenvalue weighted by molar-refractivity contribution is 0.495. The van der Waals surface area contributed by atoms with E-state index in [1.807, 2.05) is 24.0 Å². The molecule has 1 unspecified atom stereocenters. The van der Waals surface area contributed by atoms with Gasteiger partial charge in [-0.2, -0.15) is 0 Å². The molecule has 0 aliphatic rings. The molecule has 4 heteroatoms. The summed E-state index contributed by atoms with van der Waals surface area (Å²) in [5.74, 6) is 0. The highest BCUT2D eigenvalue weighted by molar-refractivity contribution is 5.03. The monoisotopic (exact) mass is 194 g/mol. The van der Waals surface area contributed by atoms with Gasteiger partial charge in [0.1, 0.15) is 0 Å². The van der Waals surface area contributed by atoms with E-state index in [0.717, 1.165) is 25.1 Å². The second-order valence-corrected chi connectivity index (χ2v) is 3.25. The Kier molecular flexibility index (Phi) is 4.32. The average Bonchev–Trinajstić information content (AvgIpc) is 2.63. The van der Waals surface area contributed by atoms with Crippen molar-refractivity contribution < 1.29 is 0 Å². The fraction of sp³-hybridized carbons (Fsp3) is 0.600. The van der Waals surface area contributed by atoms with Gasteiger partial charge in [-0.05, 0) is 19.9 Å². The van der Waals surface area contributed by atoms with Gasteiger partial charge >= 0.3 is 0 Å². The molecule has 1 aromatic heterocycles. The van der Waals surface area contributed by atoms with Crippen molar-refractivity contribution in [3.05, 3.63) is 24.5 Å². The first kappa shape index (κ1) is 10.9. The number of nitrogens with one attached hydrogen (secondary N) is 1. The van der Waals surface area contributed by atoms with Crippen LogP contribution in [0.2, 0.25) is 0 Å². The molecule has 1 N–H and O–H groups in total. The van der Waals surface area contributed by atoms with Crippen LogP contribution in [-0.2, 0) is 6.54 Å². The Morgan fingerprint density at radius 1 is 1.71 bits per heavy atom. The number of hydrogen-bond acceptors (Lipinski definition) is 3. The van der Waals surface area contributed by atoms with Crippen molar-refractivity contribution >= 4 is 0 Å². The summed E-state index contributed by atoms with van der Waals surface area (Å²) in [4.78, 5) is 0. The lowest BCUT2D eigenvalue weighted by atomic mass is 10.1. The molecule has 14 heavy (non-hydrogen) atoms. The Morgan fingerprint density at radius 3 is 3.07 bits per heavy atom. The molecule has 4 nitrogen and oxygen atoms in total. The molecule has 0 aromatic carbocycles. The number of nitrogens with zero attached hydrogens (tertiary/aromatic N) is 3. The van der Waals surface area contributed by atoms with Gasteiger partial charge < -0.3 is 5.32 Å². The van der Waals surface area contributed by atoms with Crippen molar-refractivity contribution in [2.75, 3.05) is 7.05 Å². The zero-order valence-corrected chi connectivity index (χ0v) is 8.90. The second-order valence-electron chi connectivity index (χ2n) is 3.25. The van der Waals surface area contributed by atoms with E-state index in [-0.39, 0.29) is 6.04 Å². The summed E-state index contributed by atoms with van der Waals surface area (Å²) >= 11 is 0. The Labute approximate surface area is 85.0 Å². The predicted octanol–water partition coefficient (Wildman–Crippen LogP) is 1.52. The van der Waals surface area contributed by atoms with Crippen molar-refractivity contribution in [3.63, 3.8) is 0 Å². The van der Waals surface area contributed by atoms with Crippen molar-refractivity contribution in [2.45, 2.75) is 32.4 Å². The molecule has 0 saturated heterocycles. The third-order valence-corrected chi connectivity index (χ3v) is 2.19. The van der Waals surface area contributed by atoms with Crippen LogP contribution >= 0.6 is 0 Å². The number of aryl methyl sites for hydroxylation is 1. The van der Waals surface area contributed by atoms with Crippen LogP contribution in [0.25, 0.3) is 0 Å². The zero-order chi connectivity index (χ0) is 10.4. The highest BCUT2D eigenvalue weighted by atomic mass is 15.4. The van der Waals surface area contributed by atoms with Crippen molar-refractivity contribution in [2.24, 2.45) is 0 Å². The third kappa shape index (κ3) is 2.42. The zero-order valence-electron chi connectivity index (χ0n) is 8.90. The minimum atomic E-state index is 0.272. The van der Waals surface area contributed by atoms with E-state index in [9.17, 15) is 0 Å². The molecule has 1 rings (SSSR count). The topological polar surface area (TPSA) is 42.7 Å². The maximum absolute atomic E-state index is 4.05. The molecule has 0 saturated carbocycles. The first-order valence-electron chi connectivity index (χ1n) is 5.00. The maximum atomic E-state index is 4.05. The molecule has 0 aliphatic heterocycles. The van der Waals surface area contributed by atoms with Gasteiger partial charge in [-0.1, -0.05) is 18.2 Å². The van der Waals surface area contributed by atoms with Crippen LogP contribution in [0.1, 0.15) is 31.5 Å². The Balaban J connectivity index is 2.79. The predicted molar refractivity (Wildman–Crippen MR) is 56.9 cm³/mol. The van der Waals surface area contributed by atoms with E-state index in [2.05, 4.69) is 29.1 Å². The molecule has 0 fully saturated rings. The number of hydrogen-bond donors (Lipinski definition) is 1. The van der Waals surface area contributed by atoms with E-state index in [1.165, 1.54) is 0 Å². The van der Waals surface area contributed by atoms with Crippen LogP contribution in [0.3, 0.4) is 0 Å². The van der Waals surface area contributed by atoms with Crippen LogP contribution in [0.4, 0.5) is 0 Å². The molecular weight excluding hydrogens is 176 g/mol. The number of rotatable bonds is 6. The van der Waals surface area contributed by atoms with Crippen LogP contribution < -0.4 is 5.32 Å². The lowest BCUT2D eigenvalue weighted by Gasteiger charge is -2.14. The Morgan fingerprint density at radius 2 is 2.50 bits per heavy atom. The fourth-order valence-electron chi connectivity index (χ4n) is 1.47. The first-order valence-corrected chi connectivity index (χ1v) is 5.00. The highest BCUT2D eigenvalue weighted by Gasteiger charge is 2.12. The van der Waals surface area contributed by atoms with E-state index in [4.69, 9.17) is 0 Å². The van der Waals surface area contributed by atoms with Gasteiger partial charge in [0.25, 0.3) is 0 Å². The minimum absolute atomic E-state index is 0.272. The van der Waals surface area contributed by atoms with Crippen LogP contribution in [-0.4, -0.2) is 22.0 Å².